The van der Waals surface area contributed by atoms with Crippen molar-refractivity contribution in [2.75, 3.05) is 5.32 Å². The number of nitrogens with one attached hydrogen (secondary N) is 1. The molecule has 0 radical (unpaired) electrons. The van der Waals surface area contributed by atoms with Crippen LogP contribution in [0, 0.1) is 6.92 Å². The number of aryl methyl sites for hydroxylation is 1. The number of ether oxygens (including phenoxy) is 1. The lowest BCUT2D eigenvalue weighted by atomic mass is 10.0. The standard InChI is InChI=1S/C25H19F3N2O3/c1-16-7-9-18(10-8-16)21-22(29-19-11-13-20(14-12-19)33-25(26,27)28)24(32)30(23(21)31)15-17-5-3-2-4-6-17/h2-14,29H,15H2,1H3. The first-order valence-corrected chi connectivity index (χ1v) is 10.1. The van der Waals surface area contributed by atoms with E-state index in [-0.39, 0.29) is 23.6 Å². The Morgan fingerprint density at radius 1 is 0.848 bits per heavy atom. The number of anilines is 1. The van der Waals surface area contributed by atoms with E-state index in [4.69, 9.17) is 0 Å². The van der Waals surface area contributed by atoms with E-state index in [1.165, 1.54) is 12.1 Å². The number of carbonyl (C=O) groups excluding carboxylic acids is 2. The van der Waals surface area contributed by atoms with Gasteiger partial charge in [-0.05, 0) is 42.3 Å². The smallest absolute Gasteiger partial charge is 0.406 e. The molecule has 168 valence electrons. The summed E-state index contributed by atoms with van der Waals surface area (Å²) in [5, 5.41) is 2.92. The summed E-state index contributed by atoms with van der Waals surface area (Å²) >= 11 is 0. The zero-order chi connectivity index (χ0) is 23.6. The fourth-order valence-corrected chi connectivity index (χ4v) is 3.47. The monoisotopic (exact) mass is 452 g/mol. The second-order valence-corrected chi connectivity index (χ2v) is 7.50. The van der Waals surface area contributed by atoms with Crippen molar-refractivity contribution in [3.05, 3.63) is 101 Å². The van der Waals surface area contributed by atoms with Gasteiger partial charge in [-0.25, -0.2) is 0 Å². The summed E-state index contributed by atoms with van der Waals surface area (Å²) in [5.74, 6) is -1.36. The Balaban J connectivity index is 1.67. The van der Waals surface area contributed by atoms with Crippen molar-refractivity contribution in [3.8, 4) is 5.75 Å². The first-order valence-electron chi connectivity index (χ1n) is 10.1. The van der Waals surface area contributed by atoms with Crippen molar-refractivity contribution in [2.24, 2.45) is 0 Å². The van der Waals surface area contributed by atoms with Gasteiger partial charge in [0, 0.05) is 5.69 Å². The van der Waals surface area contributed by atoms with E-state index in [9.17, 15) is 22.8 Å². The van der Waals surface area contributed by atoms with Crippen LogP contribution < -0.4 is 10.1 Å². The molecule has 4 rings (SSSR count). The highest BCUT2D eigenvalue weighted by Gasteiger charge is 2.39. The number of benzene rings is 3. The number of amides is 2. The minimum absolute atomic E-state index is 0.0595. The van der Waals surface area contributed by atoms with E-state index in [0.29, 0.717) is 11.3 Å². The molecule has 0 aliphatic carbocycles. The van der Waals surface area contributed by atoms with Gasteiger partial charge in [0.2, 0.25) is 0 Å². The van der Waals surface area contributed by atoms with Gasteiger partial charge in [0.15, 0.2) is 0 Å². The first-order chi connectivity index (χ1) is 15.7. The Morgan fingerprint density at radius 2 is 1.48 bits per heavy atom. The van der Waals surface area contributed by atoms with Gasteiger partial charge < -0.3 is 10.1 Å². The number of hydrogen-bond donors (Lipinski definition) is 1. The summed E-state index contributed by atoms with van der Waals surface area (Å²) in [7, 11) is 0. The second kappa shape index (κ2) is 8.82. The number of halogens is 3. The number of alkyl halides is 3. The lowest BCUT2D eigenvalue weighted by molar-refractivity contribution is -0.274. The highest BCUT2D eigenvalue weighted by atomic mass is 19.4. The third-order valence-corrected chi connectivity index (χ3v) is 5.05. The minimum atomic E-state index is -4.80. The Morgan fingerprint density at radius 3 is 2.09 bits per heavy atom. The summed E-state index contributed by atoms with van der Waals surface area (Å²) in [5.41, 5.74) is 2.95. The van der Waals surface area contributed by atoms with Gasteiger partial charge in [0.25, 0.3) is 11.8 Å². The molecular weight excluding hydrogens is 433 g/mol. The summed E-state index contributed by atoms with van der Waals surface area (Å²) in [6.45, 7) is 2.00. The molecule has 0 bridgehead atoms. The van der Waals surface area contributed by atoms with E-state index >= 15 is 0 Å². The van der Waals surface area contributed by atoms with E-state index < -0.39 is 18.2 Å². The molecule has 0 aromatic heterocycles. The van der Waals surface area contributed by atoms with Crippen LogP contribution in [0.25, 0.3) is 5.57 Å². The molecule has 2 amide bonds. The van der Waals surface area contributed by atoms with Crippen LogP contribution in [-0.2, 0) is 16.1 Å². The van der Waals surface area contributed by atoms with Crippen LogP contribution in [0.1, 0.15) is 16.7 Å². The summed E-state index contributed by atoms with van der Waals surface area (Å²) < 4.78 is 41.1. The third kappa shape index (κ3) is 5.06. The molecule has 8 heteroatoms. The lowest BCUT2D eigenvalue weighted by Gasteiger charge is -2.15. The molecule has 5 nitrogen and oxygen atoms in total. The second-order valence-electron chi connectivity index (χ2n) is 7.50. The number of rotatable bonds is 6. The molecular formula is C25H19F3N2O3. The molecule has 0 fully saturated rings. The zero-order valence-electron chi connectivity index (χ0n) is 17.5. The first kappa shape index (κ1) is 22.1. The molecule has 0 atom stereocenters. The molecule has 1 aliphatic rings. The van der Waals surface area contributed by atoms with Crippen molar-refractivity contribution in [2.45, 2.75) is 19.8 Å². The molecule has 0 spiro atoms. The van der Waals surface area contributed by atoms with Crippen LogP contribution in [-0.4, -0.2) is 23.1 Å². The average molecular weight is 452 g/mol. The largest absolute Gasteiger partial charge is 0.573 e. The van der Waals surface area contributed by atoms with Crippen molar-refractivity contribution < 1.29 is 27.5 Å². The van der Waals surface area contributed by atoms with Crippen LogP contribution in [0.2, 0.25) is 0 Å². The van der Waals surface area contributed by atoms with Crippen LogP contribution in [0.4, 0.5) is 18.9 Å². The van der Waals surface area contributed by atoms with Crippen molar-refractivity contribution in [1.82, 2.24) is 4.90 Å². The van der Waals surface area contributed by atoms with Gasteiger partial charge in [0.05, 0.1) is 12.1 Å². The normalized spacial score (nSPS) is 14.1. The maximum atomic E-state index is 13.3. The van der Waals surface area contributed by atoms with Crippen molar-refractivity contribution >= 4 is 23.1 Å². The molecule has 1 aliphatic heterocycles. The van der Waals surface area contributed by atoms with Crippen LogP contribution in [0.3, 0.4) is 0 Å². The van der Waals surface area contributed by atoms with Gasteiger partial charge in [-0.2, -0.15) is 0 Å². The summed E-state index contributed by atoms with van der Waals surface area (Å²) in [6, 6.07) is 21.2. The molecule has 1 heterocycles. The van der Waals surface area contributed by atoms with Crippen molar-refractivity contribution in [3.63, 3.8) is 0 Å². The molecule has 0 saturated carbocycles. The van der Waals surface area contributed by atoms with Crippen LogP contribution in [0.15, 0.2) is 84.6 Å². The highest BCUT2D eigenvalue weighted by Crippen LogP contribution is 2.32. The molecule has 3 aromatic rings. The van der Waals surface area contributed by atoms with Gasteiger partial charge in [-0.15, -0.1) is 13.2 Å². The molecule has 0 saturated heterocycles. The lowest BCUT2D eigenvalue weighted by Crippen LogP contribution is -2.31. The third-order valence-electron chi connectivity index (χ3n) is 5.05. The maximum Gasteiger partial charge on any atom is 0.573 e. The Labute approximate surface area is 188 Å². The number of imide groups is 1. The van der Waals surface area contributed by atoms with Crippen LogP contribution in [0.5, 0.6) is 5.75 Å². The Kier molecular flexibility index (Phi) is 5.91. The molecule has 33 heavy (non-hydrogen) atoms. The Bertz CT molecular complexity index is 1200. The highest BCUT2D eigenvalue weighted by molar-refractivity contribution is 6.36. The quantitative estimate of drug-likeness (QED) is 0.517. The fourth-order valence-electron chi connectivity index (χ4n) is 3.47. The van der Waals surface area contributed by atoms with Gasteiger partial charge >= 0.3 is 6.36 Å². The molecule has 0 unspecified atom stereocenters. The number of carbonyl (C=O) groups is 2. The molecule has 3 aromatic carbocycles. The maximum absolute atomic E-state index is 13.3. The van der Waals surface area contributed by atoms with Crippen molar-refractivity contribution in [1.29, 1.82) is 0 Å². The topological polar surface area (TPSA) is 58.6 Å². The van der Waals surface area contributed by atoms with E-state index in [1.807, 2.05) is 49.4 Å². The number of hydrogen-bond acceptors (Lipinski definition) is 4. The molecule has 1 N–H and O–H groups in total. The SMILES string of the molecule is Cc1ccc(C2=C(Nc3ccc(OC(F)(F)F)cc3)C(=O)N(Cc3ccccc3)C2=O)cc1. The van der Waals surface area contributed by atoms with E-state index in [0.717, 1.165) is 28.2 Å². The van der Waals surface area contributed by atoms with Gasteiger partial charge in [-0.3, -0.25) is 14.5 Å². The van der Waals surface area contributed by atoms with Gasteiger partial charge in [0.1, 0.15) is 11.4 Å². The number of nitrogens with zero attached hydrogens (tertiary/aromatic N) is 1. The zero-order valence-corrected chi connectivity index (χ0v) is 17.5. The van der Waals surface area contributed by atoms with E-state index in [1.54, 1.807) is 12.1 Å². The summed E-state index contributed by atoms with van der Waals surface area (Å²) in [4.78, 5) is 27.7. The Hall–Kier alpha value is -4.07. The van der Waals surface area contributed by atoms with Crippen LogP contribution >= 0.6 is 0 Å². The minimum Gasteiger partial charge on any atom is -0.406 e. The van der Waals surface area contributed by atoms with Gasteiger partial charge in [-0.1, -0.05) is 60.2 Å². The summed E-state index contributed by atoms with van der Waals surface area (Å²) in [6.07, 6.45) is -4.80. The predicted octanol–water partition coefficient (Wildman–Crippen LogP) is 5.29. The fraction of sp³-hybridized carbons (Fsp3) is 0.120. The average Bonchev–Trinajstić information content (AvgIpc) is 3.00. The predicted molar refractivity (Wildman–Crippen MR) is 117 cm³/mol. The van der Waals surface area contributed by atoms with E-state index in [2.05, 4.69) is 10.1 Å².